The highest BCUT2D eigenvalue weighted by Crippen LogP contribution is 2.60. The first-order valence-corrected chi connectivity index (χ1v) is 26.2. The van der Waals surface area contributed by atoms with Gasteiger partial charge in [0.25, 0.3) is 0 Å². The summed E-state index contributed by atoms with van der Waals surface area (Å²) in [5.74, 6) is 2.21. The van der Waals surface area contributed by atoms with Crippen LogP contribution in [0, 0.1) is 23.2 Å². The Labute approximate surface area is 325 Å². The van der Waals surface area contributed by atoms with E-state index in [0.29, 0.717) is 68.7 Å². The second-order valence-corrected chi connectivity index (χ2v) is 30.4. The zero-order valence-corrected chi connectivity index (χ0v) is 39.2. The number of fused-ring (bicyclic) bond motifs is 1. The number of rotatable bonds is 17. The zero-order chi connectivity index (χ0) is 39.3. The third kappa shape index (κ3) is 9.18. The van der Waals surface area contributed by atoms with Crippen molar-refractivity contribution in [1.29, 1.82) is 0 Å². The Bertz CT molecular complexity index is 1200. The first kappa shape index (κ1) is 45.4. The van der Waals surface area contributed by atoms with Crippen LogP contribution in [0.3, 0.4) is 0 Å². The van der Waals surface area contributed by atoms with E-state index in [4.69, 9.17) is 15.4 Å². The SMILES string of the molecule is C=C1C(=CC=C2CCC[C@]3(C)[C@@H]([C@H](C)CCC(=O)N(CC)CC)CC[C@@H]23)C[C@H](O[Si](C(C)C)(C(C)C)C(C)C)C[C@H]1O[Si](C(C)C)(C(C)C)C(C)C. The molecule has 0 saturated heterocycles. The third-order valence-electron chi connectivity index (χ3n) is 15.0. The molecule has 3 aliphatic rings. The van der Waals surface area contributed by atoms with Gasteiger partial charge in [0.2, 0.25) is 22.5 Å². The minimum absolute atomic E-state index is 0.00726. The molecule has 3 fully saturated rings. The number of nitrogens with zero attached hydrogens (tertiary/aromatic N) is 1. The van der Waals surface area contributed by atoms with Gasteiger partial charge in [-0.15, -0.1) is 0 Å². The molecule has 0 aromatic rings. The summed E-state index contributed by atoms with van der Waals surface area (Å²) in [7, 11) is -4.22. The summed E-state index contributed by atoms with van der Waals surface area (Å²) in [6.07, 6.45) is 15.1. The average Bonchev–Trinajstić information content (AvgIpc) is 3.42. The molecular formula is C46H85NO3Si2. The Balaban J connectivity index is 1.98. The van der Waals surface area contributed by atoms with E-state index in [2.05, 4.69) is 123 Å². The van der Waals surface area contributed by atoms with E-state index in [0.717, 1.165) is 32.4 Å². The van der Waals surface area contributed by atoms with Crippen molar-refractivity contribution < 1.29 is 13.6 Å². The molecule has 0 unspecified atom stereocenters. The fraction of sp³-hybridized carbons (Fsp3) is 0.848. The maximum Gasteiger partial charge on any atom is 0.222 e. The van der Waals surface area contributed by atoms with E-state index >= 15 is 0 Å². The lowest BCUT2D eigenvalue weighted by Gasteiger charge is -2.49. The van der Waals surface area contributed by atoms with Gasteiger partial charge in [0.05, 0.1) is 12.2 Å². The summed E-state index contributed by atoms with van der Waals surface area (Å²) in [6, 6.07) is 0. The van der Waals surface area contributed by atoms with Crippen LogP contribution < -0.4 is 0 Å². The maximum absolute atomic E-state index is 12.9. The molecule has 0 heterocycles. The first-order chi connectivity index (χ1) is 24.2. The van der Waals surface area contributed by atoms with Crippen LogP contribution in [-0.2, 0) is 13.6 Å². The molecule has 0 N–H and O–H groups in total. The Kier molecular flexibility index (Phi) is 16.4. The molecule has 3 rings (SSSR count). The Morgan fingerprint density at radius 2 is 1.35 bits per heavy atom. The van der Waals surface area contributed by atoms with Gasteiger partial charge in [-0.25, -0.2) is 0 Å². The Hall–Kier alpha value is -0.956. The van der Waals surface area contributed by atoms with Crippen LogP contribution in [0.4, 0.5) is 0 Å². The number of hydrogen-bond donors (Lipinski definition) is 0. The lowest BCUT2D eigenvalue weighted by atomic mass is 9.60. The van der Waals surface area contributed by atoms with Crippen molar-refractivity contribution in [3.05, 3.63) is 35.5 Å². The molecule has 0 aromatic carbocycles. The quantitative estimate of drug-likeness (QED) is 0.139. The van der Waals surface area contributed by atoms with Crippen LogP contribution in [0.25, 0.3) is 0 Å². The third-order valence-corrected chi connectivity index (χ3v) is 27.3. The summed E-state index contributed by atoms with van der Waals surface area (Å²) in [5, 5.41) is 0. The number of amides is 1. The standard InChI is InChI=1S/C46H85NO3Si2/c1-18-47(19-2)45(48)27-22-37(15)42-25-26-43-39(21-20-28-46(42,43)17)23-24-40-29-41(49-51(31(3)4,32(5)6)33(7)8)30-44(38(40)16)50-52(34(9)10,35(11)12)36(13)14/h23-24,31-37,41-44H,16,18-22,25-30H2,1-15,17H3/t37-,41+,42-,43+,44-,46-/m1/s1. The molecule has 0 spiro atoms. The second-order valence-electron chi connectivity index (χ2n) is 19.6. The highest BCUT2D eigenvalue weighted by Gasteiger charge is 2.52. The first-order valence-electron chi connectivity index (χ1n) is 22.0. The summed E-state index contributed by atoms with van der Waals surface area (Å²) in [5.41, 5.74) is 7.76. The molecule has 4 nitrogen and oxygen atoms in total. The second kappa shape index (κ2) is 18.8. The lowest BCUT2D eigenvalue weighted by Crippen LogP contribution is -2.54. The Morgan fingerprint density at radius 1 is 0.827 bits per heavy atom. The minimum Gasteiger partial charge on any atom is -0.413 e. The van der Waals surface area contributed by atoms with Crippen LogP contribution >= 0.6 is 0 Å². The highest BCUT2D eigenvalue weighted by atomic mass is 28.4. The Morgan fingerprint density at radius 3 is 1.85 bits per heavy atom. The van der Waals surface area contributed by atoms with Crippen LogP contribution in [0.1, 0.15) is 169 Å². The smallest absolute Gasteiger partial charge is 0.222 e. The zero-order valence-electron chi connectivity index (χ0n) is 37.2. The van der Waals surface area contributed by atoms with Gasteiger partial charge in [-0.2, -0.15) is 0 Å². The highest BCUT2D eigenvalue weighted by molar-refractivity contribution is 6.78. The molecule has 300 valence electrons. The van der Waals surface area contributed by atoms with Crippen molar-refractivity contribution in [2.45, 2.75) is 214 Å². The molecule has 1 amide bonds. The molecule has 52 heavy (non-hydrogen) atoms. The van der Waals surface area contributed by atoms with Crippen molar-refractivity contribution in [1.82, 2.24) is 4.90 Å². The number of hydrogen-bond acceptors (Lipinski definition) is 3. The summed E-state index contributed by atoms with van der Waals surface area (Å²) >= 11 is 0. The summed E-state index contributed by atoms with van der Waals surface area (Å²) in [4.78, 5) is 14.9. The van der Waals surface area contributed by atoms with Crippen molar-refractivity contribution in [2.24, 2.45) is 23.2 Å². The topological polar surface area (TPSA) is 38.8 Å². The van der Waals surface area contributed by atoms with Gasteiger partial charge in [0.1, 0.15) is 0 Å². The fourth-order valence-corrected chi connectivity index (χ4v) is 23.6. The number of carbonyl (C=O) groups is 1. The van der Waals surface area contributed by atoms with Crippen LogP contribution in [0.15, 0.2) is 35.5 Å². The number of carbonyl (C=O) groups excluding carboxylic acids is 1. The summed E-state index contributed by atoms with van der Waals surface area (Å²) in [6.45, 7) is 44.6. The van der Waals surface area contributed by atoms with Gasteiger partial charge in [-0.05, 0) is 126 Å². The molecular weight excluding hydrogens is 671 g/mol. The molecule has 3 aliphatic carbocycles. The van der Waals surface area contributed by atoms with Gasteiger partial charge < -0.3 is 13.8 Å². The predicted molar refractivity (Wildman–Crippen MR) is 231 cm³/mol. The molecule has 3 saturated carbocycles. The van der Waals surface area contributed by atoms with Crippen molar-refractivity contribution in [2.75, 3.05) is 13.1 Å². The molecule has 0 aromatic heterocycles. The van der Waals surface area contributed by atoms with Crippen LogP contribution in [0.5, 0.6) is 0 Å². The van der Waals surface area contributed by atoms with Crippen LogP contribution in [0.2, 0.25) is 33.2 Å². The molecule has 0 radical (unpaired) electrons. The van der Waals surface area contributed by atoms with E-state index in [1.54, 1.807) is 5.57 Å². The monoisotopic (exact) mass is 756 g/mol. The van der Waals surface area contributed by atoms with Crippen molar-refractivity contribution in [3.8, 4) is 0 Å². The molecule has 6 heteroatoms. The van der Waals surface area contributed by atoms with Gasteiger partial charge >= 0.3 is 0 Å². The van der Waals surface area contributed by atoms with E-state index in [1.165, 1.54) is 43.3 Å². The van der Waals surface area contributed by atoms with Gasteiger partial charge in [0.15, 0.2) is 0 Å². The fourth-order valence-electron chi connectivity index (χ4n) is 12.5. The van der Waals surface area contributed by atoms with E-state index in [1.807, 2.05) is 4.90 Å². The molecule has 6 atom stereocenters. The summed E-state index contributed by atoms with van der Waals surface area (Å²) < 4.78 is 15.2. The van der Waals surface area contributed by atoms with Gasteiger partial charge in [-0.3, -0.25) is 4.79 Å². The molecule has 0 bridgehead atoms. The van der Waals surface area contributed by atoms with Crippen molar-refractivity contribution >= 4 is 22.5 Å². The van der Waals surface area contributed by atoms with Gasteiger partial charge in [0, 0.05) is 25.9 Å². The number of allylic oxidation sites excluding steroid dienone is 3. The van der Waals surface area contributed by atoms with E-state index < -0.39 is 16.6 Å². The lowest BCUT2D eigenvalue weighted by molar-refractivity contribution is -0.131. The predicted octanol–water partition coefficient (Wildman–Crippen LogP) is 13.8. The largest absolute Gasteiger partial charge is 0.413 e. The van der Waals surface area contributed by atoms with Crippen molar-refractivity contribution in [3.63, 3.8) is 0 Å². The van der Waals surface area contributed by atoms with E-state index in [9.17, 15) is 4.79 Å². The van der Waals surface area contributed by atoms with E-state index in [-0.39, 0.29) is 12.2 Å². The van der Waals surface area contributed by atoms with Crippen LogP contribution in [-0.4, -0.2) is 52.7 Å². The average molecular weight is 756 g/mol. The normalized spacial score (nSPS) is 28.4. The minimum atomic E-state index is -2.14. The maximum atomic E-state index is 12.9. The van der Waals surface area contributed by atoms with Gasteiger partial charge in [-0.1, -0.05) is 121 Å². The molecule has 0 aliphatic heterocycles.